The molecule has 3 heterocycles. The molecule has 0 fully saturated rings. The third kappa shape index (κ3) is 3.64. The van der Waals surface area contributed by atoms with Crippen LogP contribution in [0.3, 0.4) is 0 Å². The lowest BCUT2D eigenvalue weighted by Crippen LogP contribution is -2.26. The van der Waals surface area contributed by atoms with E-state index in [1.54, 1.807) is 17.5 Å². The second kappa shape index (κ2) is 8.20. The van der Waals surface area contributed by atoms with Crippen molar-refractivity contribution in [1.29, 1.82) is 0 Å². The third-order valence-electron chi connectivity index (χ3n) is 5.41. The number of nitrogens with one attached hydrogen (secondary N) is 1. The molecule has 148 valence electrons. The Morgan fingerprint density at radius 1 is 1.07 bits per heavy atom. The van der Waals surface area contributed by atoms with Crippen molar-refractivity contribution in [2.45, 2.75) is 25.8 Å². The first-order valence-corrected chi connectivity index (χ1v) is 11.0. The minimum Gasteiger partial charge on any atom is -0.346 e. The van der Waals surface area contributed by atoms with E-state index in [-0.39, 0.29) is 5.91 Å². The SMILES string of the molecule is O=C(NCc1ccccn1)c1c2c(nc3ccccc13)/C(=C/c1cccs1)CCC2. The van der Waals surface area contributed by atoms with Crippen LogP contribution in [0.1, 0.15) is 45.0 Å². The summed E-state index contributed by atoms with van der Waals surface area (Å²) in [6.07, 6.45) is 6.82. The summed E-state index contributed by atoms with van der Waals surface area (Å²) in [6, 6.07) is 17.8. The highest BCUT2D eigenvalue weighted by molar-refractivity contribution is 7.10. The number of allylic oxidation sites excluding steroid dienone is 1. The van der Waals surface area contributed by atoms with Gasteiger partial charge in [0.25, 0.3) is 5.91 Å². The molecule has 0 saturated carbocycles. The molecule has 1 aromatic carbocycles. The van der Waals surface area contributed by atoms with Crippen molar-refractivity contribution in [3.63, 3.8) is 0 Å². The van der Waals surface area contributed by atoms with Gasteiger partial charge in [-0.25, -0.2) is 4.98 Å². The van der Waals surface area contributed by atoms with Crippen LogP contribution in [-0.4, -0.2) is 15.9 Å². The first-order valence-electron chi connectivity index (χ1n) is 10.1. The van der Waals surface area contributed by atoms with Crippen molar-refractivity contribution in [2.24, 2.45) is 0 Å². The lowest BCUT2D eigenvalue weighted by molar-refractivity contribution is 0.0951. The second-order valence-corrected chi connectivity index (χ2v) is 8.35. The summed E-state index contributed by atoms with van der Waals surface area (Å²) in [6.45, 7) is 0.406. The number of thiophene rings is 1. The van der Waals surface area contributed by atoms with E-state index in [2.05, 4.69) is 33.9 Å². The van der Waals surface area contributed by atoms with Crippen LogP contribution in [0.15, 0.2) is 66.2 Å². The molecule has 30 heavy (non-hydrogen) atoms. The van der Waals surface area contributed by atoms with Gasteiger partial charge in [0.05, 0.1) is 29.0 Å². The molecule has 0 atom stereocenters. The maximum Gasteiger partial charge on any atom is 0.252 e. The van der Waals surface area contributed by atoms with Crippen LogP contribution in [0.25, 0.3) is 22.6 Å². The molecule has 4 nitrogen and oxygen atoms in total. The molecule has 0 aliphatic heterocycles. The minimum absolute atomic E-state index is 0.0622. The van der Waals surface area contributed by atoms with Gasteiger partial charge in [0.15, 0.2) is 0 Å². The fourth-order valence-electron chi connectivity index (χ4n) is 4.04. The quantitative estimate of drug-likeness (QED) is 0.482. The third-order valence-corrected chi connectivity index (χ3v) is 6.23. The van der Waals surface area contributed by atoms with E-state index in [1.165, 1.54) is 10.5 Å². The summed E-state index contributed by atoms with van der Waals surface area (Å²) in [5, 5.41) is 6.06. The van der Waals surface area contributed by atoms with Crippen molar-refractivity contribution in [3.05, 3.63) is 93.6 Å². The molecule has 0 radical (unpaired) electrons. The van der Waals surface area contributed by atoms with Crippen LogP contribution in [0.4, 0.5) is 0 Å². The van der Waals surface area contributed by atoms with E-state index in [0.29, 0.717) is 6.54 Å². The molecule has 0 bridgehead atoms. The molecule has 4 aromatic rings. The van der Waals surface area contributed by atoms with Gasteiger partial charge in [-0.05, 0) is 66.1 Å². The largest absolute Gasteiger partial charge is 0.346 e. The maximum atomic E-state index is 13.3. The first kappa shape index (κ1) is 18.7. The lowest BCUT2D eigenvalue weighted by atomic mass is 9.86. The second-order valence-electron chi connectivity index (χ2n) is 7.37. The standard InChI is InChI=1S/C25H21N3OS/c29-25(27-16-18-8-3-4-13-26-18)23-20-10-1-2-12-22(20)28-24-17(7-5-11-21(23)24)15-19-9-6-14-30-19/h1-4,6,8-10,12-15H,5,7,11,16H2,(H,27,29)/b17-15+. The molecular weight excluding hydrogens is 390 g/mol. The Balaban J connectivity index is 1.59. The summed E-state index contributed by atoms with van der Waals surface area (Å²) in [5.41, 5.74) is 5.69. The van der Waals surface area contributed by atoms with Crippen molar-refractivity contribution in [2.75, 3.05) is 0 Å². The summed E-state index contributed by atoms with van der Waals surface area (Å²) < 4.78 is 0. The smallest absolute Gasteiger partial charge is 0.252 e. The van der Waals surface area contributed by atoms with Gasteiger partial charge in [-0.3, -0.25) is 9.78 Å². The Bertz CT molecular complexity index is 1230. The molecule has 0 spiro atoms. The number of pyridine rings is 2. The zero-order chi connectivity index (χ0) is 20.3. The van der Waals surface area contributed by atoms with Crippen LogP contribution in [0.2, 0.25) is 0 Å². The Morgan fingerprint density at radius 3 is 2.80 bits per heavy atom. The van der Waals surface area contributed by atoms with E-state index in [0.717, 1.165) is 52.7 Å². The Labute approximate surface area is 179 Å². The minimum atomic E-state index is -0.0622. The van der Waals surface area contributed by atoms with Crippen LogP contribution in [0.5, 0.6) is 0 Å². The summed E-state index contributed by atoms with van der Waals surface area (Å²) >= 11 is 1.72. The Hall–Kier alpha value is -3.31. The highest BCUT2D eigenvalue weighted by Gasteiger charge is 2.25. The van der Waals surface area contributed by atoms with Crippen LogP contribution in [0, 0.1) is 0 Å². The number of para-hydroxylation sites is 1. The van der Waals surface area contributed by atoms with Gasteiger partial charge in [0.2, 0.25) is 0 Å². The molecule has 0 saturated heterocycles. The number of benzene rings is 1. The zero-order valence-corrected chi connectivity index (χ0v) is 17.3. The summed E-state index contributed by atoms with van der Waals surface area (Å²) in [5.74, 6) is -0.0622. The average molecular weight is 412 g/mol. The first-order chi connectivity index (χ1) is 14.8. The number of hydrogen-bond donors (Lipinski definition) is 1. The van der Waals surface area contributed by atoms with E-state index in [9.17, 15) is 4.79 Å². The maximum absolute atomic E-state index is 13.3. The van der Waals surface area contributed by atoms with Crippen molar-refractivity contribution in [3.8, 4) is 0 Å². The molecule has 1 aliphatic carbocycles. The highest BCUT2D eigenvalue weighted by atomic mass is 32.1. The topological polar surface area (TPSA) is 54.9 Å². The number of hydrogen-bond acceptors (Lipinski definition) is 4. The monoisotopic (exact) mass is 411 g/mol. The predicted molar refractivity (Wildman–Crippen MR) is 122 cm³/mol. The zero-order valence-electron chi connectivity index (χ0n) is 16.5. The Morgan fingerprint density at radius 2 is 1.97 bits per heavy atom. The molecule has 1 amide bonds. The molecule has 0 unspecified atom stereocenters. The molecular formula is C25H21N3OS. The van der Waals surface area contributed by atoms with E-state index in [1.807, 2.05) is 42.5 Å². The Kier molecular flexibility index (Phi) is 5.11. The average Bonchev–Trinajstić information content (AvgIpc) is 3.30. The van der Waals surface area contributed by atoms with Gasteiger partial charge >= 0.3 is 0 Å². The molecule has 3 aromatic heterocycles. The van der Waals surface area contributed by atoms with Crippen LogP contribution in [-0.2, 0) is 13.0 Å². The molecule has 1 aliphatic rings. The van der Waals surface area contributed by atoms with Gasteiger partial charge < -0.3 is 5.32 Å². The number of aromatic nitrogens is 2. The van der Waals surface area contributed by atoms with Crippen LogP contribution < -0.4 is 5.32 Å². The number of amides is 1. The van der Waals surface area contributed by atoms with E-state index >= 15 is 0 Å². The lowest BCUT2D eigenvalue weighted by Gasteiger charge is -2.22. The summed E-state index contributed by atoms with van der Waals surface area (Å²) in [7, 11) is 0. The van der Waals surface area contributed by atoms with Gasteiger partial charge in [0.1, 0.15) is 0 Å². The number of fused-ring (bicyclic) bond motifs is 2. The van der Waals surface area contributed by atoms with E-state index in [4.69, 9.17) is 4.98 Å². The number of rotatable bonds is 4. The van der Waals surface area contributed by atoms with Gasteiger partial charge in [-0.1, -0.05) is 30.3 Å². The molecule has 1 N–H and O–H groups in total. The van der Waals surface area contributed by atoms with Gasteiger partial charge in [0, 0.05) is 16.5 Å². The van der Waals surface area contributed by atoms with Crippen molar-refractivity contribution in [1.82, 2.24) is 15.3 Å². The van der Waals surface area contributed by atoms with Crippen molar-refractivity contribution < 1.29 is 4.79 Å². The number of carbonyl (C=O) groups is 1. The molecule has 5 rings (SSSR count). The fourth-order valence-corrected chi connectivity index (χ4v) is 4.72. The predicted octanol–water partition coefficient (Wildman–Crippen LogP) is 5.50. The van der Waals surface area contributed by atoms with E-state index < -0.39 is 0 Å². The number of carbonyl (C=O) groups excluding carboxylic acids is 1. The molecule has 5 heteroatoms. The normalized spacial score (nSPS) is 14.6. The van der Waals surface area contributed by atoms with Gasteiger partial charge in [-0.2, -0.15) is 0 Å². The van der Waals surface area contributed by atoms with Gasteiger partial charge in [-0.15, -0.1) is 11.3 Å². The van der Waals surface area contributed by atoms with Crippen molar-refractivity contribution >= 4 is 39.8 Å². The highest BCUT2D eigenvalue weighted by Crippen LogP contribution is 2.36. The number of nitrogens with zero attached hydrogens (tertiary/aromatic N) is 2. The summed E-state index contributed by atoms with van der Waals surface area (Å²) in [4.78, 5) is 23.9. The fraction of sp³-hybridized carbons (Fsp3) is 0.160. The van der Waals surface area contributed by atoms with Crippen LogP contribution >= 0.6 is 11.3 Å².